The van der Waals surface area contributed by atoms with Crippen molar-refractivity contribution in [1.29, 1.82) is 0 Å². The number of nitrogens with one attached hydrogen (secondary N) is 1. The van der Waals surface area contributed by atoms with Crippen LogP contribution in [0.25, 0.3) is 0 Å². The molecule has 1 aromatic heterocycles. The lowest BCUT2D eigenvalue weighted by molar-refractivity contribution is -0.115. The molecule has 0 fully saturated rings. The van der Waals surface area contributed by atoms with Crippen LogP contribution in [0.5, 0.6) is 11.5 Å². The Kier molecular flexibility index (Phi) is 6.29. The maximum atomic E-state index is 12.6. The summed E-state index contributed by atoms with van der Waals surface area (Å²) in [5, 5.41) is 2.81. The minimum absolute atomic E-state index is 0.188. The monoisotopic (exact) mass is 363 g/mol. The van der Waals surface area contributed by atoms with Gasteiger partial charge < -0.3 is 26.3 Å². The third kappa shape index (κ3) is 5.15. The molecule has 1 aromatic carbocycles. The fraction of sp³-hybridized carbons (Fsp3) is 0.312. The minimum atomic E-state index is -0.404. The molecule has 9 heteroatoms. The molecule has 0 radical (unpaired) electrons. The number of benzene rings is 1. The summed E-state index contributed by atoms with van der Waals surface area (Å²) in [4.78, 5) is 20.8. The van der Waals surface area contributed by atoms with Gasteiger partial charge >= 0.3 is 0 Å². The van der Waals surface area contributed by atoms with Crippen molar-refractivity contribution in [2.45, 2.75) is 23.8 Å². The molecule has 0 bridgehead atoms. The Morgan fingerprint density at radius 2 is 1.68 bits per heavy atom. The van der Waals surface area contributed by atoms with Crippen molar-refractivity contribution in [1.82, 2.24) is 9.97 Å². The van der Waals surface area contributed by atoms with Gasteiger partial charge in [-0.2, -0.15) is 0 Å². The molecular formula is C16H21N5O3S. The summed E-state index contributed by atoms with van der Waals surface area (Å²) in [6.07, 6.45) is 0.579. The standard InChI is InChI=1S/C16H21N5O3S/c1-4-12(25-16-20-13(17)8-14(18)21-16)15(22)19-9-5-10(23-2)7-11(6-9)24-3/h5-8,12H,4H2,1-3H3,(H,19,22)(H4,17,18,20,21). The number of amides is 1. The lowest BCUT2D eigenvalue weighted by Crippen LogP contribution is -2.25. The van der Waals surface area contributed by atoms with Crippen LogP contribution in [0.4, 0.5) is 17.3 Å². The number of nitrogen functional groups attached to an aromatic ring is 2. The number of thioether (sulfide) groups is 1. The lowest BCUT2D eigenvalue weighted by Gasteiger charge is -2.15. The third-order valence-electron chi connectivity index (χ3n) is 3.28. The number of hydrogen-bond acceptors (Lipinski definition) is 8. The van der Waals surface area contributed by atoms with Crippen LogP contribution in [-0.2, 0) is 4.79 Å². The Bertz CT molecular complexity index is 714. The van der Waals surface area contributed by atoms with E-state index in [4.69, 9.17) is 20.9 Å². The number of carbonyl (C=O) groups is 1. The van der Waals surface area contributed by atoms with Gasteiger partial charge in [0.1, 0.15) is 23.1 Å². The molecule has 0 saturated carbocycles. The zero-order valence-corrected chi connectivity index (χ0v) is 15.1. The average Bonchev–Trinajstić information content (AvgIpc) is 2.58. The van der Waals surface area contributed by atoms with Crippen LogP contribution in [0.2, 0.25) is 0 Å². The second kappa shape index (κ2) is 8.43. The largest absolute Gasteiger partial charge is 0.497 e. The molecular weight excluding hydrogens is 342 g/mol. The number of carbonyl (C=O) groups excluding carboxylic acids is 1. The van der Waals surface area contributed by atoms with Crippen LogP contribution < -0.4 is 26.3 Å². The van der Waals surface area contributed by atoms with Crippen molar-refractivity contribution < 1.29 is 14.3 Å². The van der Waals surface area contributed by atoms with E-state index >= 15 is 0 Å². The van der Waals surface area contributed by atoms with Gasteiger partial charge in [-0.15, -0.1) is 0 Å². The van der Waals surface area contributed by atoms with Gasteiger partial charge in [-0.3, -0.25) is 4.79 Å². The van der Waals surface area contributed by atoms with Gasteiger partial charge in [0.25, 0.3) is 0 Å². The summed E-state index contributed by atoms with van der Waals surface area (Å²) in [5.41, 5.74) is 11.9. The van der Waals surface area contributed by atoms with Crippen LogP contribution in [-0.4, -0.2) is 35.3 Å². The number of hydrogen-bond donors (Lipinski definition) is 3. The van der Waals surface area contributed by atoms with Crippen molar-refractivity contribution in [2.24, 2.45) is 0 Å². The second-order valence-corrected chi connectivity index (χ2v) is 6.28. The SMILES string of the molecule is CCC(Sc1nc(N)cc(N)n1)C(=O)Nc1cc(OC)cc(OC)c1. The quantitative estimate of drug-likeness (QED) is 0.505. The van der Waals surface area contributed by atoms with Gasteiger partial charge in [0.05, 0.1) is 19.5 Å². The molecule has 2 aromatic rings. The van der Waals surface area contributed by atoms with Crippen LogP contribution in [0.15, 0.2) is 29.4 Å². The highest BCUT2D eigenvalue weighted by Crippen LogP contribution is 2.28. The molecule has 8 nitrogen and oxygen atoms in total. The molecule has 1 unspecified atom stereocenters. The van der Waals surface area contributed by atoms with Crippen molar-refractivity contribution in [2.75, 3.05) is 31.0 Å². The van der Waals surface area contributed by atoms with Gasteiger partial charge in [-0.25, -0.2) is 9.97 Å². The summed E-state index contributed by atoms with van der Waals surface area (Å²) in [6, 6.07) is 6.62. The highest BCUT2D eigenvalue weighted by Gasteiger charge is 2.20. The molecule has 0 aliphatic heterocycles. The van der Waals surface area contributed by atoms with Crippen molar-refractivity contribution in [3.63, 3.8) is 0 Å². The topological polar surface area (TPSA) is 125 Å². The van der Waals surface area contributed by atoms with Crippen LogP contribution >= 0.6 is 11.8 Å². The fourth-order valence-electron chi connectivity index (χ4n) is 2.07. The zero-order chi connectivity index (χ0) is 18.4. The summed E-state index contributed by atoms with van der Waals surface area (Å²) in [7, 11) is 3.10. The maximum absolute atomic E-state index is 12.6. The first-order valence-corrected chi connectivity index (χ1v) is 8.43. The number of anilines is 3. The van der Waals surface area contributed by atoms with Crippen LogP contribution in [0, 0.1) is 0 Å². The van der Waals surface area contributed by atoms with Gasteiger partial charge in [0.15, 0.2) is 5.16 Å². The third-order valence-corrected chi connectivity index (χ3v) is 4.50. The van der Waals surface area contributed by atoms with Gasteiger partial charge in [-0.1, -0.05) is 18.7 Å². The first kappa shape index (κ1) is 18.7. The minimum Gasteiger partial charge on any atom is -0.497 e. The number of ether oxygens (including phenoxy) is 2. The highest BCUT2D eigenvalue weighted by molar-refractivity contribution is 8.00. The molecule has 0 aliphatic carbocycles. The lowest BCUT2D eigenvalue weighted by atomic mass is 10.2. The summed E-state index contributed by atoms with van der Waals surface area (Å²) >= 11 is 1.21. The molecule has 5 N–H and O–H groups in total. The molecule has 1 amide bonds. The predicted molar refractivity (Wildman–Crippen MR) is 99.0 cm³/mol. The van der Waals surface area contributed by atoms with Crippen molar-refractivity contribution in [3.8, 4) is 11.5 Å². The van der Waals surface area contributed by atoms with Gasteiger partial charge in [-0.05, 0) is 6.42 Å². The van der Waals surface area contributed by atoms with Crippen molar-refractivity contribution in [3.05, 3.63) is 24.3 Å². The van der Waals surface area contributed by atoms with Gasteiger partial charge in [0.2, 0.25) is 5.91 Å². The first-order valence-electron chi connectivity index (χ1n) is 7.55. The fourth-order valence-corrected chi connectivity index (χ4v) is 2.97. The molecule has 0 aliphatic rings. The molecule has 0 saturated heterocycles. The summed E-state index contributed by atoms with van der Waals surface area (Å²) in [5.74, 6) is 1.52. The van der Waals surface area contributed by atoms with Crippen LogP contribution in [0.3, 0.4) is 0 Å². The highest BCUT2D eigenvalue weighted by atomic mass is 32.2. The Labute approximate surface area is 150 Å². The molecule has 0 spiro atoms. The van der Waals surface area contributed by atoms with E-state index in [2.05, 4.69) is 15.3 Å². The summed E-state index contributed by atoms with van der Waals surface area (Å²) < 4.78 is 10.4. The molecule has 1 atom stereocenters. The van der Waals surface area contributed by atoms with E-state index < -0.39 is 5.25 Å². The number of rotatable bonds is 7. The Morgan fingerprint density at radius 3 is 2.16 bits per heavy atom. The van der Waals surface area contributed by atoms with Crippen LogP contribution in [0.1, 0.15) is 13.3 Å². The number of nitrogens with zero attached hydrogens (tertiary/aromatic N) is 2. The predicted octanol–water partition coefficient (Wildman–Crippen LogP) is 2.17. The average molecular weight is 363 g/mol. The summed E-state index contributed by atoms with van der Waals surface area (Å²) in [6.45, 7) is 1.90. The van der Waals surface area contributed by atoms with E-state index in [0.717, 1.165) is 0 Å². The number of methoxy groups -OCH3 is 2. The van der Waals surface area contributed by atoms with Crippen molar-refractivity contribution >= 4 is 35.0 Å². The maximum Gasteiger partial charge on any atom is 0.237 e. The van der Waals surface area contributed by atoms with E-state index in [1.807, 2.05) is 6.92 Å². The normalized spacial score (nSPS) is 11.6. The molecule has 134 valence electrons. The first-order chi connectivity index (χ1) is 11.9. The number of nitrogens with two attached hydrogens (primary N) is 2. The van der Waals surface area contributed by atoms with E-state index in [-0.39, 0.29) is 17.5 Å². The second-order valence-electron chi connectivity index (χ2n) is 5.11. The smallest absolute Gasteiger partial charge is 0.237 e. The Balaban J connectivity index is 2.14. The number of aromatic nitrogens is 2. The zero-order valence-electron chi connectivity index (χ0n) is 14.3. The molecule has 2 rings (SSSR count). The van der Waals surface area contributed by atoms with E-state index in [1.54, 1.807) is 32.4 Å². The molecule has 25 heavy (non-hydrogen) atoms. The molecule has 1 heterocycles. The van der Waals surface area contributed by atoms with E-state index in [9.17, 15) is 4.79 Å². The Morgan fingerprint density at radius 1 is 1.12 bits per heavy atom. The van der Waals surface area contributed by atoms with Gasteiger partial charge in [0, 0.05) is 30.0 Å². The Hall–Kier alpha value is -2.68. The van der Waals surface area contributed by atoms with E-state index in [0.29, 0.717) is 28.8 Å². The van der Waals surface area contributed by atoms with E-state index in [1.165, 1.54) is 17.8 Å².